The number of benzene rings is 2. The van der Waals surface area contributed by atoms with Gasteiger partial charge in [-0.05, 0) is 25.5 Å². The van der Waals surface area contributed by atoms with Crippen LogP contribution in [0.3, 0.4) is 0 Å². The van der Waals surface area contributed by atoms with Crippen molar-refractivity contribution in [2.45, 2.75) is 31.3 Å². The average Bonchev–Trinajstić information content (AvgIpc) is 2.84. The Bertz CT molecular complexity index is 900. The summed E-state index contributed by atoms with van der Waals surface area (Å²) in [5.74, 6) is 0. The third-order valence-electron chi connectivity index (χ3n) is 4.30. The van der Waals surface area contributed by atoms with E-state index in [4.69, 9.17) is 12.2 Å². The lowest BCUT2D eigenvalue weighted by Gasteiger charge is -2.29. The van der Waals surface area contributed by atoms with Gasteiger partial charge in [0.2, 0.25) is 0 Å². The Morgan fingerprint density at radius 2 is 1.89 bits per heavy atom. The molecule has 8 heteroatoms. The van der Waals surface area contributed by atoms with Gasteiger partial charge in [0, 0.05) is 17.7 Å². The summed E-state index contributed by atoms with van der Waals surface area (Å²) in [4.78, 5) is 12.4. The first-order valence-electron chi connectivity index (χ1n) is 8.36. The highest BCUT2D eigenvalue weighted by Gasteiger charge is 2.50. The van der Waals surface area contributed by atoms with Crippen molar-refractivity contribution < 1.29 is 9.66 Å². The van der Waals surface area contributed by atoms with Crippen molar-refractivity contribution >= 4 is 40.2 Å². The predicted octanol–water partition coefficient (Wildman–Crippen LogP) is 4.16. The molecule has 0 spiro atoms. The van der Waals surface area contributed by atoms with Crippen molar-refractivity contribution in [1.29, 1.82) is 0 Å². The highest BCUT2D eigenvalue weighted by atomic mass is 32.2. The van der Waals surface area contributed by atoms with E-state index in [2.05, 4.69) is 0 Å². The van der Waals surface area contributed by atoms with Crippen LogP contribution in [0.25, 0.3) is 0 Å². The zero-order chi connectivity index (χ0) is 19.6. The van der Waals surface area contributed by atoms with Gasteiger partial charge in [-0.15, -0.1) is 0 Å². The molecule has 140 valence electrons. The normalized spacial score (nSPS) is 19.3. The standard InChI is InChI=1S/C19H19N3O3S2/c1-19(2)17(20(18(26)27-19)12-14-7-4-3-5-8-14)21(23)13-15-9-6-10-16(11-15)22(24)25/h3-11,13,17H,12H2,1-2H3/b21-13-/t17-/m1/s1. The van der Waals surface area contributed by atoms with Gasteiger partial charge in [0.15, 0.2) is 6.21 Å². The largest absolute Gasteiger partial charge is 0.622 e. The molecular weight excluding hydrogens is 382 g/mol. The zero-order valence-corrected chi connectivity index (χ0v) is 16.6. The van der Waals surface area contributed by atoms with E-state index in [1.165, 1.54) is 30.1 Å². The highest BCUT2D eigenvalue weighted by Crippen LogP contribution is 2.42. The topological polar surface area (TPSA) is 72.5 Å². The third-order valence-corrected chi connectivity index (χ3v) is 5.93. The average molecular weight is 402 g/mol. The van der Waals surface area contributed by atoms with Crippen molar-refractivity contribution in [3.05, 3.63) is 81.0 Å². The van der Waals surface area contributed by atoms with Crippen LogP contribution in [-0.4, -0.2) is 36.0 Å². The van der Waals surface area contributed by atoms with E-state index in [1.807, 2.05) is 49.1 Å². The van der Waals surface area contributed by atoms with Gasteiger partial charge in [-0.3, -0.25) is 15.0 Å². The Balaban J connectivity index is 1.93. The van der Waals surface area contributed by atoms with Crippen molar-refractivity contribution in [1.82, 2.24) is 4.90 Å². The summed E-state index contributed by atoms with van der Waals surface area (Å²) in [6.07, 6.45) is 0.876. The minimum absolute atomic E-state index is 0.0473. The number of thiocarbonyl (C=S) groups is 1. The van der Waals surface area contributed by atoms with Gasteiger partial charge in [0.05, 0.1) is 11.5 Å². The summed E-state index contributed by atoms with van der Waals surface area (Å²) >= 11 is 7.02. The molecule has 0 radical (unpaired) electrons. The second kappa shape index (κ2) is 7.66. The molecule has 6 nitrogen and oxygen atoms in total. The van der Waals surface area contributed by atoms with E-state index in [0.29, 0.717) is 16.4 Å². The van der Waals surface area contributed by atoms with E-state index in [0.717, 1.165) is 10.3 Å². The molecule has 1 heterocycles. The number of nitro benzene ring substituents is 1. The van der Waals surface area contributed by atoms with Crippen molar-refractivity contribution in [2.75, 3.05) is 0 Å². The van der Waals surface area contributed by atoms with E-state index < -0.39 is 15.8 Å². The molecule has 2 aromatic carbocycles. The number of hydrogen-bond donors (Lipinski definition) is 0. The third kappa shape index (κ3) is 4.28. The SMILES string of the molecule is CC1(C)SC(=S)N(Cc2ccccc2)[C@@H]1/[N+]([O-])=C/c1cccc([N+](=O)[O-])c1. The van der Waals surface area contributed by atoms with Gasteiger partial charge < -0.3 is 5.21 Å². The van der Waals surface area contributed by atoms with Crippen LogP contribution in [-0.2, 0) is 6.54 Å². The number of hydrogen-bond acceptors (Lipinski definition) is 5. The Morgan fingerprint density at radius 1 is 1.19 bits per heavy atom. The lowest BCUT2D eigenvalue weighted by molar-refractivity contribution is -0.524. The highest BCUT2D eigenvalue weighted by molar-refractivity contribution is 8.24. The number of hydroxylamine groups is 1. The maximum Gasteiger partial charge on any atom is 0.270 e. The molecular formula is C19H19N3O3S2. The van der Waals surface area contributed by atoms with Gasteiger partial charge >= 0.3 is 0 Å². The number of nitrogens with zero attached hydrogens (tertiary/aromatic N) is 3. The smallest absolute Gasteiger partial charge is 0.270 e. The molecule has 1 fully saturated rings. The van der Waals surface area contributed by atoms with Gasteiger partial charge in [-0.2, -0.15) is 4.74 Å². The van der Waals surface area contributed by atoms with Crippen LogP contribution in [0.1, 0.15) is 25.0 Å². The Morgan fingerprint density at radius 3 is 2.56 bits per heavy atom. The van der Waals surface area contributed by atoms with Crippen molar-refractivity contribution in [3.8, 4) is 0 Å². The first-order valence-corrected chi connectivity index (χ1v) is 9.59. The summed E-state index contributed by atoms with van der Waals surface area (Å²) in [5.41, 5.74) is 1.50. The molecule has 0 aliphatic carbocycles. The van der Waals surface area contributed by atoms with Crippen molar-refractivity contribution in [2.24, 2.45) is 0 Å². The molecule has 0 unspecified atom stereocenters. The number of non-ortho nitro benzene ring substituents is 1. The van der Waals surface area contributed by atoms with Gasteiger partial charge in [-0.1, -0.05) is 60.4 Å². The summed E-state index contributed by atoms with van der Waals surface area (Å²) in [5, 5.41) is 24.0. The molecule has 1 saturated heterocycles. The zero-order valence-electron chi connectivity index (χ0n) is 14.9. The fourth-order valence-corrected chi connectivity index (χ4v) is 5.00. The van der Waals surface area contributed by atoms with E-state index in [1.54, 1.807) is 12.1 Å². The molecule has 1 atom stereocenters. The minimum atomic E-state index is -0.519. The first-order chi connectivity index (χ1) is 12.8. The maximum atomic E-state index is 13.0. The monoisotopic (exact) mass is 401 g/mol. The summed E-state index contributed by atoms with van der Waals surface area (Å²) in [7, 11) is 0. The van der Waals surface area contributed by atoms with Crippen LogP contribution in [0.4, 0.5) is 5.69 Å². The predicted molar refractivity (Wildman–Crippen MR) is 112 cm³/mol. The van der Waals surface area contributed by atoms with Crippen LogP contribution in [0.5, 0.6) is 0 Å². The second-order valence-corrected chi connectivity index (χ2v) is 9.09. The fourth-order valence-electron chi connectivity index (χ4n) is 3.12. The van der Waals surface area contributed by atoms with Gasteiger partial charge in [-0.25, -0.2) is 0 Å². The lowest BCUT2D eigenvalue weighted by atomic mass is 10.1. The Labute approximate surface area is 167 Å². The molecule has 0 N–H and O–H groups in total. The minimum Gasteiger partial charge on any atom is -0.622 e. The number of thioether (sulfide) groups is 1. The quantitative estimate of drug-likeness (QED) is 0.187. The van der Waals surface area contributed by atoms with Crippen LogP contribution in [0, 0.1) is 15.3 Å². The van der Waals surface area contributed by atoms with Gasteiger partial charge in [0.1, 0.15) is 9.07 Å². The number of nitro groups is 1. The second-order valence-electron chi connectivity index (χ2n) is 6.80. The molecule has 3 rings (SSSR count). The summed E-state index contributed by atoms with van der Waals surface area (Å²) in [6.45, 7) is 4.49. The van der Waals surface area contributed by atoms with E-state index in [9.17, 15) is 15.3 Å². The molecule has 2 aromatic rings. The Hall–Kier alpha value is -2.45. The van der Waals surface area contributed by atoms with Crippen molar-refractivity contribution in [3.63, 3.8) is 0 Å². The molecule has 0 saturated carbocycles. The van der Waals surface area contributed by atoms with Gasteiger partial charge in [0.25, 0.3) is 11.9 Å². The first kappa shape index (κ1) is 19.3. The Kier molecular flexibility index (Phi) is 5.48. The molecule has 0 aromatic heterocycles. The molecule has 1 aliphatic rings. The number of rotatable bonds is 5. The summed E-state index contributed by atoms with van der Waals surface area (Å²) < 4.78 is 1.10. The molecule has 1 aliphatic heterocycles. The molecule has 27 heavy (non-hydrogen) atoms. The van der Waals surface area contributed by atoms with E-state index in [-0.39, 0.29) is 5.69 Å². The van der Waals surface area contributed by atoms with Crippen LogP contribution in [0.2, 0.25) is 0 Å². The van der Waals surface area contributed by atoms with Crippen LogP contribution in [0.15, 0.2) is 54.6 Å². The molecule has 0 amide bonds. The summed E-state index contributed by atoms with van der Waals surface area (Å²) in [6, 6.07) is 15.9. The van der Waals surface area contributed by atoms with E-state index >= 15 is 0 Å². The van der Waals surface area contributed by atoms with Crippen LogP contribution >= 0.6 is 24.0 Å². The van der Waals surface area contributed by atoms with Crippen LogP contribution < -0.4 is 0 Å². The lowest BCUT2D eigenvalue weighted by Crippen LogP contribution is -2.47. The molecule has 0 bridgehead atoms. The fraction of sp³-hybridized carbons (Fsp3) is 0.263. The maximum absolute atomic E-state index is 13.0.